The first-order chi connectivity index (χ1) is 11.3. The fraction of sp³-hybridized carbons (Fsp3) is 0.500. The number of nitrogens with zero attached hydrogens (tertiary/aromatic N) is 6. The maximum atomic E-state index is 6.01. The van der Waals surface area contributed by atoms with Crippen LogP contribution < -0.4 is 9.64 Å². The number of fused-ring (bicyclic) bond motifs is 1. The molecule has 0 aromatic carbocycles. The molecule has 0 spiro atoms. The molecule has 2 aromatic heterocycles. The molecule has 2 aromatic rings. The molecule has 0 unspecified atom stereocenters. The highest BCUT2D eigenvalue weighted by Crippen LogP contribution is 2.26. The van der Waals surface area contributed by atoms with Gasteiger partial charge in [0.1, 0.15) is 12.4 Å². The Morgan fingerprint density at radius 1 is 1.04 bits per heavy atom. The van der Waals surface area contributed by atoms with Crippen molar-refractivity contribution >= 4 is 5.95 Å². The van der Waals surface area contributed by atoms with E-state index in [0.717, 1.165) is 49.9 Å². The molecule has 4 rings (SSSR count). The SMILES string of the molecule is Cc1cnc(N2CCN3C[C@H](Oc4cncnc4)C[C@@H]3C2)nc1. The predicted octanol–water partition coefficient (Wildman–Crippen LogP) is 0.917. The van der Waals surface area contributed by atoms with Gasteiger partial charge >= 0.3 is 0 Å². The van der Waals surface area contributed by atoms with E-state index in [0.29, 0.717) is 6.04 Å². The van der Waals surface area contributed by atoms with E-state index in [1.807, 2.05) is 19.3 Å². The molecule has 0 bridgehead atoms. The van der Waals surface area contributed by atoms with Crippen LogP contribution in [0.15, 0.2) is 31.1 Å². The summed E-state index contributed by atoms with van der Waals surface area (Å²) in [5.41, 5.74) is 1.09. The molecule has 2 aliphatic heterocycles. The largest absolute Gasteiger partial charge is 0.486 e. The molecule has 0 aliphatic carbocycles. The van der Waals surface area contributed by atoms with Crippen molar-refractivity contribution in [3.05, 3.63) is 36.7 Å². The lowest BCUT2D eigenvalue weighted by molar-refractivity contribution is 0.191. The van der Waals surface area contributed by atoms with Gasteiger partial charge in [-0.1, -0.05) is 0 Å². The molecule has 0 N–H and O–H groups in total. The molecule has 2 aliphatic rings. The van der Waals surface area contributed by atoms with Gasteiger partial charge in [-0.15, -0.1) is 0 Å². The second kappa shape index (κ2) is 6.08. The Morgan fingerprint density at radius 2 is 1.83 bits per heavy atom. The monoisotopic (exact) mass is 312 g/mol. The molecule has 23 heavy (non-hydrogen) atoms. The summed E-state index contributed by atoms with van der Waals surface area (Å²) in [6.07, 6.45) is 9.93. The van der Waals surface area contributed by atoms with Crippen LogP contribution in [0.3, 0.4) is 0 Å². The van der Waals surface area contributed by atoms with Gasteiger partial charge in [-0.3, -0.25) is 4.90 Å². The molecule has 7 nitrogen and oxygen atoms in total. The number of aromatic nitrogens is 4. The standard InChI is InChI=1S/C16H20N6O/c1-12-5-19-16(20-6-12)22-3-2-21-10-14(4-13(21)9-22)23-15-7-17-11-18-8-15/h5-8,11,13-14H,2-4,9-10H2,1H3/t13-,14-/m1/s1. The number of rotatable bonds is 3. The summed E-state index contributed by atoms with van der Waals surface area (Å²) < 4.78 is 6.01. The summed E-state index contributed by atoms with van der Waals surface area (Å²) in [6.45, 7) is 5.90. The Bertz CT molecular complexity index is 649. The Balaban J connectivity index is 1.39. The zero-order chi connectivity index (χ0) is 15.6. The van der Waals surface area contributed by atoms with Crippen molar-refractivity contribution in [2.75, 3.05) is 31.1 Å². The molecular weight excluding hydrogens is 292 g/mol. The van der Waals surface area contributed by atoms with Gasteiger partial charge in [-0.05, 0) is 12.5 Å². The minimum Gasteiger partial charge on any atom is -0.486 e. The highest BCUT2D eigenvalue weighted by Gasteiger charge is 2.37. The Labute approximate surface area is 135 Å². The third-order valence-corrected chi connectivity index (χ3v) is 4.47. The van der Waals surface area contributed by atoms with Gasteiger partial charge in [0.15, 0.2) is 5.75 Å². The highest BCUT2D eigenvalue weighted by atomic mass is 16.5. The molecule has 0 amide bonds. The number of hydrogen-bond donors (Lipinski definition) is 0. The molecule has 7 heteroatoms. The van der Waals surface area contributed by atoms with Crippen molar-refractivity contribution < 1.29 is 4.74 Å². The molecule has 2 saturated heterocycles. The van der Waals surface area contributed by atoms with Gasteiger partial charge in [0.25, 0.3) is 0 Å². The van der Waals surface area contributed by atoms with Crippen LogP contribution in [-0.4, -0.2) is 63.2 Å². The van der Waals surface area contributed by atoms with Crippen molar-refractivity contribution in [3.63, 3.8) is 0 Å². The average Bonchev–Trinajstić information content (AvgIpc) is 2.98. The van der Waals surface area contributed by atoms with Crippen LogP contribution in [0.5, 0.6) is 5.75 Å². The van der Waals surface area contributed by atoms with Crippen molar-refractivity contribution in [1.82, 2.24) is 24.8 Å². The first-order valence-electron chi connectivity index (χ1n) is 7.97. The molecule has 2 atom stereocenters. The number of anilines is 1. The van der Waals surface area contributed by atoms with Crippen LogP contribution in [0.1, 0.15) is 12.0 Å². The Hall–Kier alpha value is -2.28. The second-order valence-corrected chi connectivity index (χ2v) is 6.20. The summed E-state index contributed by atoms with van der Waals surface area (Å²) in [5, 5.41) is 0. The summed E-state index contributed by atoms with van der Waals surface area (Å²) >= 11 is 0. The first kappa shape index (κ1) is 14.3. The van der Waals surface area contributed by atoms with Crippen LogP contribution in [0.4, 0.5) is 5.95 Å². The zero-order valence-corrected chi connectivity index (χ0v) is 13.2. The minimum absolute atomic E-state index is 0.199. The van der Waals surface area contributed by atoms with Gasteiger partial charge < -0.3 is 9.64 Å². The van der Waals surface area contributed by atoms with Gasteiger partial charge in [0.05, 0.1) is 12.4 Å². The number of ether oxygens (including phenoxy) is 1. The summed E-state index contributed by atoms with van der Waals surface area (Å²) in [4.78, 5) is 21.7. The van der Waals surface area contributed by atoms with Crippen LogP contribution in [0.25, 0.3) is 0 Å². The van der Waals surface area contributed by atoms with Crippen LogP contribution in [-0.2, 0) is 0 Å². The smallest absolute Gasteiger partial charge is 0.225 e. The molecular formula is C16H20N6O. The molecule has 0 saturated carbocycles. The van der Waals surface area contributed by atoms with E-state index >= 15 is 0 Å². The summed E-state index contributed by atoms with van der Waals surface area (Å²) in [6, 6.07) is 0.489. The molecule has 120 valence electrons. The normalized spacial score (nSPS) is 24.5. The third kappa shape index (κ3) is 3.10. The van der Waals surface area contributed by atoms with E-state index in [1.165, 1.54) is 6.33 Å². The van der Waals surface area contributed by atoms with E-state index < -0.39 is 0 Å². The lowest BCUT2D eigenvalue weighted by atomic mass is 10.1. The highest BCUT2D eigenvalue weighted by molar-refractivity contribution is 5.31. The van der Waals surface area contributed by atoms with Crippen LogP contribution in [0.2, 0.25) is 0 Å². The van der Waals surface area contributed by atoms with Gasteiger partial charge in [0.2, 0.25) is 5.95 Å². The second-order valence-electron chi connectivity index (χ2n) is 6.20. The molecule has 2 fully saturated rings. The van der Waals surface area contributed by atoms with Gasteiger partial charge in [0, 0.05) is 51.0 Å². The van der Waals surface area contributed by atoms with E-state index in [9.17, 15) is 0 Å². The van der Waals surface area contributed by atoms with Crippen LogP contribution >= 0.6 is 0 Å². The maximum Gasteiger partial charge on any atom is 0.225 e. The topological polar surface area (TPSA) is 67.3 Å². The number of piperazine rings is 1. The lowest BCUT2D eigenvalue weighted by Crippen LogP contribution is -2.50. The van der Waals surface area contributed by atoms with E-state index in [2.05, 4.69) is 29.7 Å². The minimum atomic E-state index is 0.199. The zero-order valence-electron chi connectivity index (χ0n) is 13.2. The quantitative estimate of drug-likeness (QED) is 0.834. The van der Waals surface area contributed by atoms with Crippen molar-refractivity contribution in [1.29, 1.82) is 0 Å². The summed E-state index contributed by atoms with van der Waals surface area (Å²) in [7, 11) is 0. The Kier molecular flexibility index (Phi) is 3.78. The molecule has 4 heterocycles. The summed E-state index contributed by atoms with van der Waals surface area (Å²) in [5.74, 6) is 1.58. The van der Waals surface area contributed by atoms with Crippen molar-refractivity contribution in [3.8, 4) is 5.75 Å². The fourth-order valence-corrected chi connectivity index (χ4v) is 3.35. The number of hydrogen-bond acceptors (Lipinski definition) is 7. The lowest BCUT2D eigenvalue weighted by Gasteiger charge is -2.37. The predicted molar refractivity (Wildman–Crippen MR) is 85.4 cm³/mol. The van der Waals surface area contributed by atoms with Crippen LogP contribution in [0, 0.1) is 6.92 Å². The number of aryl methyl sites for hydroxylation is 1. The first-order valence-corrected chi connectivity index (χ1v) is 7.97. The maximum absolute atomic E-state index is 6.01. The van der Waals surface area contributed by atoms with Crippen molar-refractivity contribution in [2.24, 2.45) is 0 Å². The van der Waals surface area contributed by atoms with Gasteiger partial charge in [-0.25, -0.2) is 19.9 Å². The van der Waals surface area contributed by atoms with E-state index in [-0.39, 0.29) is 6.10 Å². The van der Waals surface area contributed by atoms with E-state index in [1.54, 1.807) is 12.4 Å². The fourth-order valence-electron chi connectivity index (χ4n) is 3.35. The average molecular weight is 312 g/mol. The van der Waals surface area contributed by atoms with Gasteiger partial charge in [-0.2, -0.15) is 0 Å². The van der Waals surface area contributed by atoms with Crippen molar-refractivity contribution in [2.45, 2.75) is 25.5 Å². The Morgan fingerprint density at radius 3 is 2.61 bits per heavy atom. The molecule has 0 radical (unpaired) electrons. The van der Waals surface area contributed by atoms with E-state index in [4.69, 9.17) is 4.74 Å². The third-order valence-electron chi connectivity index (χ3n) is 4.47.